The fourth-order valence-corrected chi connectivity index (χ4v) is 5.36. The highest BCUT2D eigenvalue weighted by Crippen LogP contribution is 2.42. The fourth-order valence-electron chi connectivity index (χ4n) is 5.36. The van der Waals surface area contributed by atoms with Gasteiger partial charge in [-0.25, -0.2) is 0 Å². The third-order valence-electron chi connectivity index (χ3n) is 7.78. The van der Waals surface area contributed by atoms with E-state index in [4.69, 9.17) is 4.74 Å². The standard InChI is InChI=1S/C31H38N4O2/c1-20-25(8-4-10-28(20)32-3)26-9-5-11-29(21(26)2)35-31(36)30-17-27(22-12-13-22)23(19-34-30)18-33-24-7-6-15-37-16-14-24/h4-5,8-11,17,19,22,24,32-33H,6-7,12-16,18H2,1-3H3,(H,35,36). The molecule has 6 nitrogen and oxygen atoms in total. The number of nitrogens with zero attached hydrogens (tertiary/aromatic N) is 1. The molecule has 1 amide bonds. The van der Waals surface area contributed by atoms with Gasteiger partial charge in [0.25, 0.3) is 5.91 Å². The number of hydrogen-bond acceptors (Lipinski definition) is 5. The van der Waals surface area contributed by atoms with Crippen LogP contribution in [0, 0.1) is 13.8 Å². The third kappa shape index (κ3) is 5.86. The minimum atomic E-state index is -0.164. The van der Waals surface area contributed by atoms with E-state index in [2.05, 4.69) is 59.0 Å². The maximum Gasteiger partial charge on any atom is 0.274 e. The molecule has 1 aliphatic carbocycles. The van der Waals surface area contributed by atoms with Crippen molar-refractivity contribution < 1.29 is 9.53 Å². The van der Waals surface area contributed by atoms with E-state index in [1.807, 2.05) is 31.4 Å². The Bertz CT molecular complexity index is 1260. The molecule has 5 rings (SSSR count). The van der Waals surface area contributed by atoms with Crippen molar-refractivity contribution in [2.75, 3.05) is 30.9 Å². The number of rotatable bonds is 8. The van der Waals surface area contributed by atoms with E-state index < -0.39 is 0 Å². The number of benzene rings is 2. The second-order valence-electron chi connectivity index (χ2n) is 10.3. The molecule has 2 aromatic carbocycles. The lowest BCUT2D eigenvalue weighted by atomic mass is 9.94. The monoisotopic (exact) mass is 498 g/mol. The summed E-state index contributed by atoms with van der Waals surface area (Å²) >= 11 is 0. The molecule has 1 aromatic heterocycles. The Labute approximate surface area is 220 Å². The largest absolute Gasteiger partial charge is 0.388 e. The van der Waals surface area contributed by atoms with Gasteiger partial charge in [-0.05, 0) is 103 Å². The van der Waals surface area contributed by atoms with Crippen LogP contribution in [0.1, 0.15) is 70.8 Å². The minimum Gasteiger partial charge on any atom is -0.388 e. The first-order valence-corrected chi connectivity index (χ1v) is 13.5. The Morgan fingerprint density at radius 2 is 1.70 bits per heavy atom. The first-order valence-electron chi connectivity index (χ1n) is 13.5. The number of hydrogen-bond donors (Lipinski definition) is 3. The van der Waals surface area contributed by atoms with Crippen molar-refractivity contribution in [2.45, 2.75) is 64.5 Å². The van der Waals surface area contributed by atoms with Gasteiger partial charge >= 0.3 is 0 Å². The Morgan fingerprint density at radius 1 is 0.973 bits per heavy atom. The molecule has 1 aliphatic heterocycles. The van der Waals surface area contributed by atoms with Crippen LogP contribution >= 0.6 is 0 Å². The maximum atomic E-state index is 13.3. The minimum absolute atomic E-state index is 0.164. The van der Waals surface area contributed by atoms with E-state index in [9.17, 15) is 4.79 Å². The van der Waals surface area contributed by atoms with Gasteiger partial charge in [0.2, 0.25) is 0 Å². The Hall–Kier alpha value is -3.22. The van der Waals surface area contributed by atoms with Crippen LogP contribution in [0.25, 0.3) is 11.1 Å². The SMILES string of the molecule is CNc1cccc(-c2cccc(NC(=O)c3cc(C4CC4)c(CNC4CCCOCC4)cn3)c2C)c1C. The van der Waals surface area contributed by atoms with Gasteiger partial charge in [0, 0.05) is 50.4 Å². The molecule has 194 valence electrons. The van der Waals surface area contributed by atoms with Crippen molar-refractivity contribution in [1.29, 1.82) is 0 Å². The molecule has 3 aromatic rings. The maximum absolute atomic E-state index is 13.3. The number of nitrogens with one attached hydrogen (secondary N) is 3. The Kier molecular flexibility index (Phi) is 7.87. The molecule has 2 aliphatic rings. The highest BCUT2D eigenvalue weighted by atomic mass is 16.5. The molecule has 1 saturated heterocycles. The predicted octanol–water partition coefficient (Wildman–Crippen LogP) is 6.20. The normalized spacial score (nSPS) is 17.8. The van der Waals surface area contributed by atoms with Gasteiger partial charge in [-0.15, -0.1) is 0 Å². The lowest BCUT2D eigenvalue weighted by Crippen LogP contribution is -2.29. The van der Waals surface area contributed by atoms with E-state index >= 15 is 0 Å². The molecule has 1 unspecified atom stereocenters. The molecule has 2 heterocycles. The van der Waals surface area contributed by atoms with Gasteiger partial charge in [-0.3, -0.25) is 9.78 Å². The summed E-state index contributed by atoms with van der Waals surface area (Å²) in [5.74, 6) is 0.375. The summed E-state index contributed by atoms with van der Waals surface area (Å²) in [6.45, 7) is 6.66. The molecule has 0 spiro atoms. The van der Waals surface area contributed by atoms with Crippen LogP contribution < -0.4 is 16.0 Å². The number of carbonyl (C=O) groups is 1. The molecule has 1 atom stereocenters. The van der Waals surface area contributed by atoms with Crippen molar-refractivity contribution >= 4 is 17.3 Å². The second kappa shape index (κ2) is 11.4. The zero-order valence-electron chi connectivity index (χ0n) is 22.2. The molecule has 37 heavy (non-hydrogen) atoms. The third-order valence-corrected chi connectivity index (χ3v) is 7.78. The van der Waals surface area contributed by atoms with E-state index in [1.165, 1.54) is 29.5 Å². The molecule has 6 heteroatoms. The van der Waals surface area contributed by atoms with E-state index in [0.717, 1.165) is 67.1 Å². The quantitative estimate of drug-likeness (QED) is 0.345. The second-order valence-corrected chi connectivity index (χ2v) is 10.3. The van der Waals surface area contributed by atoms with Crippen molar-refractivity contribution in [3.63, 3.8) is 0 Å². The summed E-state index contributed by atoms with van der Waals surface area (Å²) in [6, 6.07) is 14.8. The van der Waals surface area contributed by atoms with Crippen LogP contribution in [0.2, 0.25) is 0 Å². The molecule has 2 fully saturated rings. The molecule has 3 N–H and O–H groups in total. The lowest BCUT2D eigenvalue weighted by molar-refractivity contribution is 0.102. The first kappa shape index (κ1) is 25.4. The molecular weight excluding hydrogens is 460 g/mol. The summed E-state index contributed by atoms with van der Waals surface area (Å²) in [5, 5.41) is 10.1. The number of aromatic nitrogens is 1. The zero-order valence-corrected chi connectivity index (χ0v) is 22.2. The molecule has 0 radical (unpaired) electrons. The highest BCUT2D eigenvalue weighted by Gasteiger charge is 2.28. The summed E-state index contributed by atoms with van der Waals surface area (Å²) in [7, 11) is 1.94. The van der Waals surface area contributed by atoms with Crippen LogP contribution in [0.5, 0.6) is 0 Å². The molecule has 0 bridgehead atoms. The lowest BCUT2D eigenvalue weighted by Gasteiger charge is -2.18. The molecule has 1 saturated carbocycles. The first-order chi connectivity index (χ1) is 18.0. The van der Waals surface area contributed by atoms with Crippen LogP contribution in [0.15, 0.2) is 48.7 Å². The predicted molar refractivity (Wildman–Crippen MR) is 150 cm³/mol. The highest BCUT2D eigenvalue weighted by molar-refractivity contribution is 6.04. The average Bonchev–Trinajstić information content (AvgIpc) is 3.77. The van der Waals surface area contributed by atoms with Gasteiger partial charge in [-0.2, -0.15) is 0 Å². The van der Waals surface area contributed by atoms with Crippen molar-refractivity contribution in [3.05, 3.63) is 76.6 Å². The van der Waals surface area contributed by atoms with E-state index in [-0.39, 0.29) is 5.91 Å². The van der Waals surface area contributed by atoms with Gasteiger partial charge < -0.3 is 20.7 Å². The number of ether oxygens (including phenoxy) is 1. The Balaban J connectivity index is 1.33. The number of amides is 1. The van der Waals surface area contributed by atoms with E-state index in [0.29, 0.717) is 17.7 Å². The summed E-state index contributed by atoms with van der Waals surface area (Å²) in [5.41, 5.74) is 9.38. The summed E-state index contributed by atoms with van der Waals surface area (Å²) < 4.78 is 5.60. The van der Waals surface area contributed by atoms with Crippen LogP contribution in [0.3, 0.4) is 0 Å². The van der Waals surface area contributed by atoms with Crippen molar-refractivity contribution in [2.24, 2.45) is 0 Å². The zero-order chi connectivity index (χ0) is 25.8. The van der Waals surface area contributed by atoms with Gasteiger partial charge in [0.15, 0.2) is 0 Å². The molecular formula is C31H38N4O2. The van der Waals surface area contributed by atoms with Gasteiger partial charge in [-0.1, -0.05) is 24.3 Å². The van der Waals surface area contributed by atoms with Crippen LogP contribution in [-0.2, 0) is 11.3 Å². The van der Waals surface area contributed by atoms with Crippen molar-refractivity contribution in [3.8, 4) is 11.1 Å². The van der Waals surface area contributed by atoms with Crippen LogP contribution in [0.4, 0.5) is 11.4 Å². The van der Waals surface area contributed by atoms with Crippen molar-refractivity contribution in [1.82, 2.24) is 10.3 Å². The summed E-state index contributed by atoms with van der Waals surface area (Å²) in [4.78, 5) is 17.9. The van der Waals surface area contributed by atoms with Gasteiger partial charge in [0.05, 0.1) is 0 Å². The number of pyridine rings is 1. The van der Waals surface area contributed by atoms with E-state index in [1.54, 1.807) is 0 Å². The smallest absolute Gasteiger partial charge is 0.274 e. The fraction of sp³-hybridized carbons (Fsp3) is 0.419. The number of carbonyl (C=O) groups excluding carboxylic acids is 1. The summed E-state index contributed by atoms with van der Waals surface area (Å²) in [6.07, 6.45) is 7.56. The number of anilines is 2. The average molecular weight is 499 g/mol. The topological polar surface area (TPSA) is 75.3 Å². The Morgan fingerprint density at radius 3 is 2.43 bits per heavy atom. The van der Waals surface area contributed by atoms with Crippen LogP contribution in [-0.4, -0.2) is 37.2 Å². The van der Waals surface area contributed by atoms with Gasteiger partial charge in [0.1, 0.15) is 5.69 Å².